The van der Waals surface area contributed by atoms with Crippen LogP contribution in [-0.4, -0.2) is 32.2 Å². The summed E-state index contributed by atoms with van der Waals surface area (Å²) in [6.07, 6.45) is -0.660. The van der Waals surface area contributed by atoms with Crippen LogP contribution in [0.25, 0.3) is 0 Å². The van der Waals surface area contributed by atoms with Crippen LogP contribution in [0.15, 0.2) is 24.3 Å². The van der Waals surface area contributed by atoms with Crippen molar-refractivity contribution in [3.05, 3.63) is 29.8 Å². The number of hydrogen-bond donors (Lipinski definition) is 1. The Hall–Kier alpha value is -2.04. The first-order chi connectivity index (χ1) is 8.08. The van der Waals surface area contributed by atoms with Gasteiger partial charge in [-0.1, -0.05) is 0 Å². The summed E-state index contributed by atoms with van der Waals surface area (Å²) in [6.45, 7) is 1.61. The zero-order valence-corrected chi connectivity index (χ0v) is 10.0. The highest BCUT2D eigenvalue weighted by Gasteiger charge is 2.14. The molecule has 1 unspecified atom stereocenters. The van der Waals surface area contributed by atoms with Gasteiger partial charge in [-0.25, -0.2) is 4.79 Å². The molecule has 5 nitrogen and oxygen atoms in total. The molecule has 17 heavy (non-hydrogen) atoms. The summed E-state index contributed by atoms with van der Waals surface area (Å²) in [5.41, 5.74) is 0.644. The molecule has 0 radical (unpaired) electrons. The Balaban J connectivity index is 2.68. The minimum Gasteiger partial charge on any atom is -0.481 e. The van der Waals surface area contributed by atoms with E-state index < -0.39 is 12.1 Å². The van der Waals surface area contributed by atoms with Gasteiger partial charge in [0.25, 0.3) is 0 Å². The highest BCUT2D eigenvalue weighted by Crippen LogP contribution is 2.14. The second kappa shape index (κ2) is 5.89. The molecule has 0 heterocycles. The highest BCUT2D eigenvalue weighted by molar-refractivity contribution is 5.91. The van der Waals surface area contributed by atoms with Gasteiger partial charge in [-0.3, -0.25) is 5.41 Å². The number of methoxy groups -OCH3 is 2. The Kier molecular flexibility index (Phi) is 4.51. The van der Waals surface area contributed by atoms with Crippen LogP contribution >= 0.6 is 0 Å². The molecular weight excluding hydrogens is 222 g/mol. The number of hydrogen-bond acceptors (Lipinski definition) is 5. The van der Waals surface area contributed by atoms with E-state index in [1.807, 2.05) is 0 Å². The van der Waals surface area contributed by atoms with Gasteiger partial charge in [0, 0.05) is 5.56 Å². The zero-order chi connectivity index (χ0) is 12.8. The first-order valence-electron chi connectivity index (χ1n) is 5.06. The fourth-order valence-corrected chi connectivity index (χ4v) is 1.22. The predicted octanol–water partition coefficient (Wildman–Crippen LogP) is 1.60. The van der Waals surface area contributed by atoms with E-state index in [-0.39, 0.29) is 5.90 Å². The Morgan fingerprint density at radius 1 is 1.18 bits per heavy atom. The van der Waals surface area contributed by atoms with Crippen molar-refractivity contribution in [2.24, 2.45) is 0 Å². The van der Waals surface area contributed by atoms with E-state index in [1.54, 1.807) is 31.2 Å². The van der Waals surface area contributed by atoms with Crippen molar-refractivity contribution in [3.63, 3.8) is 0 Å². The first kappa shape index (κ1) is 13.0. The summed E-state index contributed by atoms with van der Waals surface area (Å²) < 4.78 is 14.7. The number of benzene rings is 1. The first-order valence-corrected chi connectivity index (χ1v) is 5.06. The van der Waals surface area contributed by atoms with Crippen LogP contribution in [0.5, 0.6) is 5.75 Å². The van der Waals surface area contributed by atoms with Gasteiger partial charge in [-0.2, -0.15) is 0 Å². The van der Waals surface area contributed by atoms with Crippen molar-refractivity contribution in [2.75, 3.05) is 14.2 Å². The standard InChI is InChI=1S/C12H15NO4/c1-8(12(14)16-3)17-10-6-4-9(5-7-10)11(13)15-2/h4-8,13H,1-3H3. The van der Waals surface area contributed by atoms with E-state index in [2.05, 4.69) is 4.74 Å². The number of esters is 1. The molecule has 0 aliphatic heterocycles. The molecule has 0 saturated heterocycles. The molecule has 1 aromatic carbocycles. The lowest BCUT2D eigenvalue weighted by molar-refractivity contribution is -0.147. The molecule has 1 aromatic rings. The van der Waals surface area contributed by atoms with Gasteiger partial charge in [0.05, 0.1) is 14.2 Å². The molecule has 0 aliphatic carbocycles. The lowest BCUT2D eigenvalue weighted by atomic mass is 10.2. The number of carbonyl (C=O) groups excluding carboxylic acids is 1. The molecule has 92 valence electrons. The second-order valence-corrected chi connectivity index (χ2v) is 3.34. The molecule has 0 spiro atoms. The average molecular weight is 237 g/mol. The molecule has 0 bridgehead atoms. The molecule has 0 amide bonds. The van der Waals surface area contributed by atoms with Crippen LogP contribution in [0.2, 0.25) is 0 Å². The molecule has 0 fully saturated rings. The largest absolute Gasteiger partial charge is 0.481 e. The van der Waals surface area contributed by atoms with E-state index in [0.29, 0.717) is 11.3 Å². The fourth-order valence-electron chi connectivity index (χ4n) is 1.22. The molecule has 0 aliphatic rings. The molecule has 1 rings (SSSR count). The topological polar surface area (TPSA) is 68.6 Å². The lowest BCUT2D eigenvalue weighted by Crippen LogP contribution is -2.24. The van der Waals surface area contributed by atoms with Crippen LogP contribution in [0.3, 0.4) is 0 Å². The van der Waals surface area contributed by atoms with Crippen LogP contribution in [0, 0.1) is 5.41 Å². The SMILES string of the molecule is COC(=N)c1ccc(OC(C)C(=O)OC)cc1. The summed E-state index contributed by atoms with van der Waals surface area (Å²) in [7, 11) is 2.75. The third-order valence-electron chi connectivity index (χ3n) is 2.17. The van der Waals surface area contributed by atoms with Crippen molar-refractivity contribution in [3.8, 4) is 5.75 Å². The average Bonchev–Trinajstić information content (AvgIpc) is 2.37. The Labute approximate surface area is 99.8 Å². The predicted molar refractivity (Wildman–Crippen MR) is 62.4 cm³/mol. The van der Waals surface area contributed by atoms with Crippen LogP contribution in [-0.2, 0) is 14.3 Å². The minimum atomic E-state index is -0.660. The smallest absolute Gasteiger partial charge is 0.346 e. The van der Waals surface area contributed by atoms with Crippen molar-refractivity contribution < 1.29 is 19.0 Å². The van der Waals surface area contributed by atoms with Gasteiger partial charge in [0.15, 0.2) is 6.10 Å². The number of rotatable bonds is 4. The molecule has 1 N–H and O–H groups in total. The van der Waals surface area contributed by atoms with E-state index >= 15 is 0 Å². The van der Waals surface area contributed by atoms with Gasteiger partial charge in [0.1, 0.15) is 5.75 Å². The summed E-state index contributed by atoms with van der Waals surface area (Å²) in [4.78, 5) is 11.1. The van der Waals surface area contributed by atoms with Gasteiger partial charge in [0.2, 0.25) is 5.90 Å². The summed E-state index contributed by atoms with van der Waals surface area (Å²) in [5, 5.41) is 7.45. The van der Waals surface area contributed by atoms with Crippen molar-refractivity contribution >= 4 is 11.9 Å². The number of ether oxygens (including phenoxy) is 3. The quantitative estimate of drug-likeness (QED) is 0.490. The molecule has 0 saturated carbocycles. The monoisotopic (exact) mass is 237 g/mol. The van der Waals surface area contributed by atoms with Crippen molar-refractivity contribution in [1.82, 2.24) is 0 Å². The maximum Gasteiger partial charge on any atom is 0.346 e. The molecule has 1 atom stereocenters. The Morgan fingerprint density at radius 2 is 1.76 bits per heavy atom. The van der Waals surface area contributed by atoms with E-state index in [0.717, 1.165) is 0 Å². The van der Waals surface area contributed by atoms with Gasteiger partial charge in [-0.15, -0.1) is 0 Å². The van der Waals surface area contributed by atoms with Crippen LogP contribution < -0.4 is 4.74 Å². The lowest BCUT2D eigenvalue weighted by Gasteiger charge is -2.12. The van der Waals surface area contributed by atoms with Gasteiger partial charge < -0.3 is 14.2 Å². The van der Waals surface area contributed by atoms with E-state index in [1.165, 1.54) is 14.2 Å². The van der Waals surface area contributed by atoms with Gasteiger partial charge in [-0.05, 0) is 31.2 Å². The summed E-state index contributed by atoms with van der Waals surface area (Å²) >= 11 is 0. The van der Waals surface area contributed by atoms with E-state index in [9.17, 15) is 4.79 Å². The highest BCUT2D eigenvalue weighted by atomic mass is 16.6. The van der Waals surface area contributed by atoms with Crippen LogP contribution in [0.1, 0.15) is 12.5 Å². The third kappa shape index (κ3) is 3.48. The number of nitrogens with one attached hydrogen (secondary N) is 1. The third-order valence-corrected chi connectivity index (χ3v) is 2.17. The summed E-state index contributed by atoms with van der Waals surface area (Å²) in [6, 6.07) is 6.71. The zero-order valence-electron chi connectivity index (χ0n) is 10.0. The molecule has 0 aromatic heterocycles. The fraction of sp³-hybridized carbons (Fsp3) is 0.333. The van der Waals surface area contributed by atoms with Crippen molar-refractivity contribution in [1.29, 1.82) is 5.41 Å². The molecule has 5 heteroatoms. The minimum absolute atomic E-state index is 0.0811. The Morgan fingerprint density at radius 3 is 2.24 bits per heavy atom. The maximum absolute atomic E-state index is 11.1. The number of carbonyl (C=O) groups is 1. The van der Waals surface area contributed by atoms with Crippen molar-refractivity contribution in [2.45, 2.75) is 13.0 Å². The molecular formula is C12H15NO4. The summed E-state index contributed by atoms with van der Waals surface area (Å²) in [5.74, 6) is 0.187. The normalized spacial score (nSPS) is 11.5. The van der Waals surface area contributed by atoms with E-state index in [4.69, 9.17) is 14.9 Å². The van der Waals surface area contributed by atoms with Gasteiger partial charge >= 0.3 is 5.97 Å². The maximum atomic E-state index is 11.1. The van der Waals surface area contributed by atoms with Crippen LogP contribution in [0.4, 0.5) is 0 Å². The second-order valence-electron chi connectivity index (χ2n) is 3.34. The Bertz CT molecular complexity index is 399.